The first kappa shape index (κ1) is 14.3. The highest BCUT2D eigenvalue weighted by atomic mass is 16.6. The SMILES string of the molecule is CC1CCCN(C(=O)Nc2cccc([N+](=O)[O-])c2)CC1. The summed E-state index contributed by atoms with van der Waals surface area (Å²) in [5.41, 5.74) is 0.439. The number of hydrogen-bond acceptors (Lipinski definition) is 3. The lowest BCUT2D eigenvalue weighted by Crippen LogP contribution is -2.35. The van der Waals surface area contributed by atoms with Crippen LogP contribution in [0.5, 0.6) is 0 Å². The third kappa shape index (κ3) is 3.69. The maximum atomic E-state index is 12.2. The first-order chi connectivity index (χ1) is 9.56. The molecule has 108 valence electrons. The van der Waals surface area contributed by atoms with Gasteiger partial charge in [0.15, 0.2) is 0 Å². The number of non-ortho nitro benzene ring substituents is 1. The summed E-state index contributed by atoms with van der Waals surface area (Å²) in [5, 5.41) is 13.4. The van der Waals surface area contributed by atoms with E-state index in [9.17, 15) is 14.9 Å². The molecule has 1 aromatic rings. The summed E-state index contributed by atoms with van der Waals surface area (Å²) in [6.07, 6.45) is 3.15. The van der Waals surface area contributed by atoms with Gasteiger partial charge in [0.05, 0.1) is 4.92 Å². The Balaban J connectivity index is 2.00. The van der Waals surface area contributed by atoms with E-state index in [2.05, 4.69) is 12.2 Å². The summed E-state index contributed by atoms with van der Waals surface area (Å²) in [7, 11) is 0. The molecule has 1 atom stereocenters. The number of carbonyl (C=O) groups is 1. The molecule has 1 aliphatic rings. The number of urea groups is 1. The van der Waals surface area contributed by atoms with Gasteiger partial charge in [0.2, 0.25) is 0 Å². The van der Waals surface area contributed by atoms with Gasteiger partial charge in [-0.1, -0.05) is 13.0 Å². The number of carbonyl (C=O) groups excluding carboxylic acids is 1. The van der Waals surface area contributed by atoms with Crippen LogP contribution in [-0.2, 0) is 0 Å². The van der Waals surface area contributed by atoms with Crippen molar-refractivity contribution in [2.45, 2.75) is 26.2 Å². The van der Waals surface area contributed by atoms with Crippen molar-refractivity contribution in [3.63, 3.8) is 0 Å². The minimum atomic E-state index is -0.469. The number of anilines is 1. The molecule has 6 heteroatoms. The van der Waals surface area contributed by atoms with E-state index >= 15 is 0 Å². The molecular formula is C14H19N3O3. The average Bonchev–Trinajstić information content (AvgIpc) is 2.64. The highest BCUT2D eigenvalue weighted by Crippen LogP contribution is 2.19. The van der Waals surface area contributed by atoms with Crippen LogP contribution in [0.2, 0.25) is 0 Å². The van der Waals surface area contributed by atoms with E-state index in [1.807, 2.05) is 0 Å². The van der Waals surface area contributed by atoms with E-state index in [0.29, 0.717) is 11.6 Å². The quantitative estimate of drug-likeness (QED) is 0.666. The third-order valence-corrected chi connectivity index (χ3v) is 3.61. The second-order valence-electron chi connectivity index (χ2n) is 5.26. The van der Waals surface area contributed by atoms with Crippen LogP contribution in [0, 0.1) is 16.0 Å². The third-order valence-electron chi connectivity index (χ3n) is 3.61. The molecule has 6 nitrogen and oxygen atoms in total. The highest BCUT2D eigenvalue weighted by molar-refractivity contribution is 5.89. The predicted molar refractivity (Wildman–Crippen MR) is 76.7 cm³/mol. The fraction of sp³-hybridized carbons (Fsp3) is 0.500. The zero-order valence-corrected chi connectivity index (χ0v) is 11.5. The van der Waals surface area contributed by atoms with Crippen molar-refractivity contribution in [2.24, 2.45) is 5.92 Å². The van der Waals surface area contributed by atoms with E-state index in [1.165, 1.54) is 12.1 Å². The van der Waals surface area contributed by atoms with Gasteiger partial charge in [-0.2, -0.15) is 0 Å². The minimum Gasteiger partial charge on any atom is -0.325 e. The van der Waals surface area contributed by atoms with Gasteiger partial charge in [0, 0.05) is 30.9 Å². The average molecular weight is 277 g/mol. The Labute approximate surface area is 117 Å². The van der Waals surface area contributed by atoms with Crippen molar-refractivity contribution >= 4 is 17.4 Å². The Morgan fingerprint density at radius 1 is 1.40 bits per heavy atom. The second kappa shape index (κ2) is 6.36. The molecule has 0 saturated carbocycles. The van der Waals surface area contributed by atoms with Gasteiger partial charge < -0.3 is 10.2 Å². The molecule has 1 saturated heterocycles. The number of nitro groups is 1. The lowest BCUT2D eigenvalue weighted by molar-refractivity contribution is -0.384. The predicted octanol–water partition coefficient (Wildman–Crippen LogP) is 3.25. The van der Waals surface area contributed by atoms with Crippen molar-refractivity contribution in [3.05, 3.63) is 34.4 Å². The summed E-state index contributed by atoms with van der Waals surface area (Å²) in [5.74, 6) is 0.644. The Hall–Kier alpha value is -2.11. The number of nitrogens with one attached hydrogen (secondary N) is 1. The van der Waals surface area contributed by atoms with Crippen LogP contribution >= 0.6 is 0 Å². The maximum Gasteiger partial charge on any atom is 0.321 e. The van der Waals surface area contributed by atoms with E-state index < -0.39 is 4.92 Å². The molecule has 1 fully saturated rings. The van der Waals surface area contributed by atoms with Crippen molar-refractivity contribution in [1.82, 2.24) is 4.90 Å². The van der Waals surface area contributed by atoms with Crippen molar-refractivity contribution in [3.8, 4) is 0 Å². The van der Waals surface area contributed by atoms with E-state index in [4.69, 9.17) is 0 Å². The molecule has 1 unspecified atom stereocenters. The Bertz CT molecular complexity index is 504. The molecule has 1 aliphatic heterocycles. The van der Waals surface area contributed by atoms with Gasteiger partial charge in [-0.3, -0.25) is 10.1 Å². The van der Waals surface area contributed by atoms with Crippen LogP contribution in [0.4, 0.5) is 16.2 Å². The molecule has 20 heavy (non-hydrogen) atoms. The lowest BCUT2D eigenvalue weighted by Gasteiger charge is -2.20. The lowest BCUT2D eigenvalue weighted by atomic mass is 10.0. The minimum absolute atomic E-state index is 0.0210. The summed E-state index contributed by atoms with van der Waals surface area (Å²) in [6.45, 7) is 3.68. The molecular weight excluding hydrogens is 258 g/mol. The van der Waals surface area contributed by atoms with Crippen LogP contribution in [-0.4, -0.2) is 28.9 Å². The van der Waals surface area contributed by atoms with E-state index in [0.717, 1.165) is 32.4 Å². The molecule has 0 aromatic heterocycles. The molecule has 0 spiro atoms. The number of benzene rings is 1. The van der Waals surface area contributed by atoms with Crippen LogP contribution in [0.15, 0.2) is 24.3 Å². The van der Waals surface area contributed by atoms with Gasteiger partial charge in [0.1, 0.15) is 0 Å². The largest absolute Gasteiger partial charge is 0.325 e. The van der Waals surface area contributed by atoms with Crippen LogP contribution in [0.25, 0.3) is 0 Å². The molecule has 0 radical (unpaired) electrons. The monoisotopic (exact) mass is 277 g/mol. The standard InChI is InChI=1S/C14H19N3O3/c1-11-4-3-8-16(9-7-11)14(18)15-12-5-2-6-13(10-12)17(19)20/h2,5-6,10-11H,3-4,7-9H2,1H3,(H,15,18). The number of amides is 2. The van der Waals surface area contributed by atoms with E-state index in [1.54, 1.807) is 17.0 Å². The Morgan fingerprint density at radius 3 is 2.95 bits per heavy atom. The zero-order chi connectivity index (χ0) is 14.5. The van der Waals surface area contributed by atoms with Crippen LogP contribution in [0.1, 0.15) is 26.2 Å². The maximum absolute atomic E-state index is 12.2. The molecule has 1 aromatic carbocycles. The topological polar surface area (TPSA) is 75.5 Å². The molecule has 1 heterocycles. The number of rotatable bonds is 2. The first-order valence-corrected chi connectivity index (χ1v) is 6.86. The number of nitro benzene ring substituents is 1. The van der Waals surface area contributed by atoms with Gasteiger partial charge in [-0.25, -0.2) is 4.79 Å². The van der Waals surface area contributed by atoms with Crippen LogP contribution < -0.4 is 5.32 Å². The first-order valence-electron chi connectivity index (χ1n) is 6.86. The normalized spacial score (nSPS) is 19.2. The van der Waals surface area contributed by atoms with Crippen molar-refractivity contribution in [1.29, 1.82) is 0 Å². The summed E-state index contributed by atoms with van der Waals surface area (Å²) in [6, 6.07) is 5.82. The molecule has 1 N–H and O–H groups in total. The number of hydrogen-bond donors (Lipinski definition) is 1. The summed E-state index contributed by atoms with van der Waals surface area (Å²) >= 11 is 0. The number of nitrogens with zero attached hydrogens (tertiary/aromatic N) is 2. The Kier molecular flexibility index (Phi) is 4.55. The van der Waals surface area contributed by atoms with E-state index in [-0.39, 0.29) is 11.7 Å². The zero-order valence-electron chi connectivity index (χ0n) is 11.5. The summed E-state index contributed by atoms with van der Waals surface area (Å²) < 4.78 is 0. The number of likely N-dealkylation sites (tertiary alicyclic amines) is 1. The molecule has 2 rings (SSSR count). The molecule has 0 aliphatic carbocycles. The highest BCUT2D eigenvalue weighted by Gasteiger charge is 2.18. The van der Waals surface area contributed by atoms with Crippen LogP contribution in [0.3, 0.4) is 0 Å². The fourth-order valence-corrected chi connectivity index (χ4v) is 2.37. The fourth-order valence-electron chi connectivity index (χ4n) is 2.37. The van der Waals surface area contributed by atoms with Crippen molar-refractivity contribution in [2.75, 3.05) is 18.4 Å². The van der Waals surface area contributed by atoms with Crippen molar-refractivity contribution < 1.29 is 9.72 Å². The molecule has 0 bridgehead atoms. The second-order valence-corrected chi connectivity index (χ2v) is 5.26. The van der Waals surface area contributed by atoms with Gasteiger partial charge in [-0.05, 0) is 31.2 Å². The van der Waals surface area contributed by atoms with Gasteiger partial charge in [-0.15, -0.1) is 0 Å². The Morgan fingerprint density at radius 2 is 2.20 bits per heavy atom. The van der Waals surface area contributed by atoms with Gasteiger partial charge in [0.25, 0.3) is 5.69 Å². The smallest absolute Gasteiger partial charge is 0.321 e. The van der Waals surface area contributed by atoms with Gasteiger partial charge >= 0.3 is 6.03 Å². The summed E-state index contributed by atoms with van der Waals surface area (Å²) in [4.78, 5) is 24.2. The molecule has 2 amide bonds.